The summed E-state index contributed by atoms with van der Waals surface area (Å²) in [6.07, 6.45) is 5.25. The molecular formula is C23H25N2O6-. The third-order valence-corrected chi connectivity index (χ3v) is 5.85. The Morgan fingerprint density at radius 1 is 1.29 bits per heavy atom. The van der Waals surface area contributed by atoms with E-state index in [9.17, 15) is 19.9 Å². The first-order chi connectivity index (χ1) is 15.0. The van der Waals surface area contributed by atoms with Crippen molar-refractivity contribution in [1.29, 1.82) is 0 Å². The highest BCUT2D eigenvalue weighted by molar-refractivity contribution is 6.10. The van der Waals surface area contributed by atoms with Crippen LogP contribution in [0.4, 0.5) is 5.69 Å². The minimum Gasteiger partial charge on any atom is -0.758 e. The van der Waals surface area contributed by atoms with Crippen LogP contribution in [0.3, 0.4) is 0 Å². The molecule has 31 heavy (non-hydrogen) atoms. The van der Waals surface area contributed by atoms with Gasteiger partial charge in [-0.25, -0.2) is 0 Å². The smallest absolute Gasteiger partial charge is 0.304 e. The minimum atomic E-state index is -1.20. The zero-order chi connectivity index (χ0) is 22.0. The van der Waals surface area contributed by atoms with Gasteiger partial charge in [0.15, 0.2) is 11.5 Å². The Bertz CT molecular complexity index is 972. The van der Waals surface area contributed by atoms with Gasteiger partial charge in [-0.05, 0) is 62.4 Å². The highest BCUT2D eigenvalue weighted by Gasteiger charge is 2.40. The van der Waals surface area contributed by atoms with E-state index < -0.39 is 23.7 Å². The quantitative estimate of drug-likeness (QED) is 0.677. The van der Waals surface area contributed by atoms with Crippen molar-refractivity contribution in [3.8, 4) is 11.5 Å². The van der Waals surface area contributed by atoms with Crippen LogP contribution in [-0.2, 0) is 4.79 Å². The maximum absolute atomic E-state index is 13.0. The molecule has 2 aromatic rings. The number of ketones is 1. The largest absolute Gasteiger partial charge is 0.758 e. The fourth-order valence-corrected chi connectivity index (χ4v) is 4.41. The first-order valence-electron chi connectivity index (χ1n) is 10.6. The van der Waals surface area contributed by atoms with Crippen molar-refractivity contribution in [3.05, 3.63) is 53.0 Å². The Hall–Kier alpha value is -3.13. The molecule has 8 heteroatoms. The van der Waals surface area contributed by atoms with E-state index in [-0.39, 0.29) is 23.9 Å². The standard InChI is InChI=1S/C23H25N2O6/c1-2-30-18-10-9-14(12-19(18)31-15-6-3-4-7-15)16(13-20(26)27)22-23(28)21-17(25(22)29)8-5-11-24-21/h5,8-12,15-16,22H,2-4,6-7,13H2,1H3,(H,26,27)/q-1. The third-order valence-electron chi connectivity index (χ3n) is 5.85. The van der Waals surface area contributed by atoms with E-state index in [0.29, 0.717) is 28.7 Å². The second-order valence-electron chi connectivity index (χ2n) is 7.87. The lowest BCUT2D eigenvalue weighted by molar-refractivity contribution is -0.137. The van der Waals surface area contributed by atoms with Crippen LogP contribution < -0.4 is 14.5 Å². The van der Waals surface area contributed by atoms with E-state index in [1.54, 1.807) is 24.3 Å². The average molecular weight is 425 g/mol. The highest BCUT2D eigenvalue weighted by atomic mass is 16.5. The van der Waals surface area contributed by atoms with Crippen molar-refractivity contribution < 1.29 is 24.2 Å². The van der Waals surface area contributed by atoms with Crippen LogP contribution in [-0.4, -0.2) is 40.6 Å². The number of aliphatic carboxylic acids is 1. The number of carbonyl (C=O) groups is 2. The SMILES string of the molecule is CCOc1ccc(C(CC(=O)O)C2C(=O)c3ncccc3N2[O-])cc1OC1CCCC1. The van der Waals surface area contributed by atoms with Gasteiger partial charge in [0.05, 0.1) is 30.9 Å². The maximum atomic E-state index is 13.0. The number of hydroxylamine groups is 1. The summed E-state index contributed by atoms with van der Waals surface area (Å²) >= 11 is 0. The number of carboxylic acid groups (broad SMARTS) is 1. The molecule has 1 N–H and O–H groups in total. The first kappa shape index (κ1) is 21.1. The number of aromatic nitrogens is 1. The fourth-order valence-electron chi connectivity index (χ4n) is 4.41. The van der Waals surface area contributed by atoms with Crippen molar-refractivity contribution in [2.24, 2.45) is 0 Å². The van der Waals surface area contributed by atoms with Gasteiger partial charge in [0.2, 0.25) is 5.78 Å². The van der Waals surface area contributed by atoms with Crippen molar-refractivity contribution in [3.63, 3.8) is 0 Å². The van der Waals surface area contributed by atoms with Crippen molar-refractivity contribution in [2.75, 3.05) is 11.7 Å². The van der Waals surface area contributed by atoms with Crippen molar-refractivity contribution in [1.82, 2.24) is 4.98 Å². The van der Waals surface area contributed by atoms with E-state index in [1.807, 2.05) is 6.92 Å². The monoisotopic (exact) mass is 425 g/mol. The number of carboxylic acids is 1. The van der Waals surface area contributed by atoms with E-state index in [4.69, 9.17) is 9.47 Å². The summed E-state index contributed by atoms with van der Waals surface area (Å²) in [5.74, 6) is -1.35. The molecule has 0 saturated heterocycles. The first-order valence-corrected chi connectivity index (χ1v) is 10.6. The molecule has 2 aliphatic rings. The predicted molar refractivity (Wildman–Crippen MR) is 114 cm³/mol. The number of hydrogen-bond acceptors (Lipinski definition) is 7. The lowest BCUT2D eigenvalue weighted by Gasteiger charge is -2.36. The van der Waals surface area contributed by atoms with Crippen LogP contribution in [0.5, 0.6) is 11.5 Å². The summed E-state index contributed by atoms with van der Waals surface area (Å²) < 4.78 is 11.9. The van der Waals surface area contributed by atoms with Crippen LogP contribution in [0.1, 0.15) is 61.0 Å². The van der Waals surface area contributed by atoms with Gasteiger partial charge in [-0.1, -0.05) is 6.07 Å². The lowest BCUT2D eigenvalue weighted by Crippen LogP contribution is -2.38. The van der Waals surface area contributed by atoms with Gasteiger partial charge in [0.1, 0.15) is 5.69 Å². The molecule has 8 nitrogen and oxygen atoms in total. The number of carbonyl (C=O) groups excluding carboxylic acids is 1. The maximum Gasteiger partial charge on any atom is 0.304 e. The van der Waals surface area contributed by atoms with Gasteiger partial charge in [0.25, 0.3) is 0 Å². The van der Waals surface area contributed by atoms with Crippen LogP contribution in [0.2, 0.25) is 0 Å². The summed E-state index contributed by atoms with van der Waals surface area (Å²) in [5, 5.41) is 23.1. The highest BCUT2D eigenvalue weighted by Crippen LogP contribution is 2.41. The molecule has 2 atom stereocenters. The number of rotatable bonds is 8. The van der Waals surface area contributed by atoms with Gasteiger partial charge in [-0.3, -0.25) is 14.6 Å². The molecule has 164 valence electrons. The second-order valence-corrected chi connectivity index (χ2v) is 7.87. The summed E-state index contributed by atoms with van der Waals surface area (Å²) in [7, 11) is 0. The zero-order valence-electron chi connectivity index (χ0n) is 17.3. The molecule has 1 saturated carbocycles. The molecular weight excluding hydrogens is 400 g/mol. The van der Waals surface area contributed by atoms with Crippen molar-refractivity contribution >= 4 is 17.4 Å². The molecule has 2 heterocycles. The molecule has 1 aromatic carbocycles. The number of ether oxygens (including phenoxy) is 2. The number of anilines is 1. The number of benzene rings is 1. The number of hydrogen-bond donors (Lipinski definition) is 1. The molecule has 0 bridgehead atoms. The van der Waals surface area contributed by atoms with E-state index in [2.05, 4.69) is 4.98 Å². The molecule has 0 spiro atoms. The number of Topliss-reactive ketones (excluding diaryl/α,β-unsaturated/α-hetero) is 1. The number of fused-ring (bicyclic) bond motifs is 1. The second kappa shape index (κ2) is 8.93. The van der Waals surface area contributed by atoms with Gasteiger partial charge in [0, 0.05) is 12.1 Å². The molecule has 0 amide bonds. The Morgan fingerprint density at radius 2 is 2.06 bits per heavy atom. The normalized spacial score (nSPS) is 19.4. The molecule has 1 fully saturated rings. The molecule has 1 aromatic heterocycles. The number of nitrogens with zero attached hydrogens (tertiary/aromatic N) is 2. The van der Waals surface area contributed by atoms with Crippen LogP contribution >= 0.6 is 0 Å². The average Bonchev–Trinajstić information content (AvgIpc) is 3.35. The Labute approximate surface area is 180 Å². The van der Waals surface area contributed by atoms with Gasteiger partial charge >= 0.3 is 5.97 Å². The molecule has 1 aliphatic heterocycles. The summed E-state index contributed by atoms with van der Waals surface area (Å²) in [4.78, 5) is 28.7. The summed E-state index contributed by atoms with van der Waals surface area (Å²) in [6.45, 7) is 2.33. The molecule has 1 aliphatic carbocycles. The Morgan fingerprint density at radius 3 is 2.74 bits per heavy atom. The summed E-state index contributed by atoms with van der Waals surface area (Å²) in [6, 6.07) is 7.05. The topological polar surface area (TPSA) is 112 Å². The van der Waals surface area contributed by atoms with Crippen LogP contribution in [0.15, 0.2) is 36.5 Å². The Balaban J connectivity index is 1.71. The van der Waals surface area contributed by atoms with E-state index in [1.165, 1.54) is 12.3 Å². The van der Waals surface area contributed by atoms with E-state index >= 15 is 0 Å². The summed E-state index contributed by atoms with van der Waals surface area (Å²) in [5.41, 5.74) is 0.790. The zero-order valence-corrected chi connectivity index (χ0v) is 17.3. The van der Waals surface area contributed by atoms with E-state index in [0.717, 1.165) is 25.7 Å². The molecule has 4 rings (SSSR count). The van der Waals surface area contributed by atoms with Gasteiger partial charge in [-0.2, -0.15) is 0 Å². The fraction of sp³-hybridized carbons (Fsp3) is 0.435. The van der Waals surface area contributed by atoms with Crippen LogP contribution in [0.25, 0.3) is 0 Å². The molecule has 0 radical (unpaired) electrons. The minimum absolute atomic E-state index is 0.0740. The van der Waals surface area contributed by atoms with Crippen molar-refractivity contribution in [2.45, 2.75) is 57.1 Å². The Kier molecular flexibility index (Phi) is 6.08. The van der Waals surface area contributed by atoms with Crippen LogP contribution in [0, 0.1) is 5.21 Å². The number of pyridine rings is 1. The third kappa shape index (κ3) is 4.20. The van der Waals surface area contributed by atoms with Gasteiger partial charge in [-0.15, -0.1) is 0 Å². The lowest BCUT2D eigenvalue weighted by atomic mass is 9.86. The van der Waals surface area contributed by atoms with Gasteiger partial charge < -0.3 is 24.9 Å². The predicted octanol–water partition coefficient (Wildman–Crippen LogP) is 3.93. The molecule has 2 unspecified atom stereocenters.